The maximum absolute atomic E-state index is 11.5. The molecule has 0 aromatic heterocycles. The van der Waals surface area contributed by atoms with E-state index in [1.54, 1.807) is 20.3 Å². The molecule has 0 atom stereocenters. The third-order valence-corrected chi connectivity index (χ3v) is 7.39. The monoisotopic (exact) mass is 406 g/mol. The molecule has 2 aromatic carbocycles. The summed E-state index contributed by atoms with van der Waals surface area (Å²) in [5.74, 6) is 3.54. The van der Waals surface area contributed by atoms with Crippen LogP contribution in [0.3, 0.4) is 0 Å². The van der Waals surface area contributed by atoms with E-state index >= 15 is 0 Å². The number of nitrogens with zero attached hydrogens (tertiary/aromatic N) is 1. The molecule has 0 amide bonds. The number of anilines is 1. The molecule has 27 heavy (non-hydrogen) atoms. The van der Waals surface area contributed by atoms with Crippen molar-refractivity contribution in [2.45, 2.75) is 11.0 Å². The second-order valence-electron chi connectivity index (χ2n) is 5.97. The Morgan fingerprint density at radius 1 is 1.11 bits per heavy atom. The maximum Gasteiger partial charge on any atom is 0.292 e. The molecular weight excluding hydrogens is 384 g/mol. The second kappa shape index (κ2) is 9.23. The SMILES string of the molecule is COc1ccc(CCNc2ccc(C3SCCS3)cc2[N+](=O)[O-])cc1OC. The Hall–Kier alpha value is -2.06. The van der Waals surface area contributed by atoms with E-state index in [2.05, 4.69) is 5.32 Å². The van der Waals surface area contributed by atoms with Crippen molar-refractivity contribution in [3.63, 3.8) is 0 Å². The highest BCUT2D eigenvalue weighted by atomic mass is 32.2. The molecule has 1 aliphatic rings. The lowest BCUT2D eigenvalue weighted by Gasteiger charge is -2.12. The van der Waals surface area contributed by atoms with Gasteiger partial charge in [-0.2, -0.15) is 0 Å². The van der Waals surface area contributed by atoms with Gasteiger partial charge in [0.15, 0.2) is 11.5 Å². The van der Waals surface area contributed by atoms with Gasteiger partial charge in [-0.25, -0.2) is 0 Å². The van der Waals surface area contributed by atoms with Gasteiger partial charge in [-0.3, -0.25) is 10.1 Å². The van der Waals surface area contributed by atoms with Crippen LogP contribution in [0.15, 0.2) is 36.4 Å². The van der Waals surface area contributed by atoms with Gasteiger partial charge in [0.2, 0.25) is 0 Å². The number of hydrogen-bond donors (Lipinski definition) is 1. The van der Waals surface area contributed by atoms with Crippen molar-refractivity contribution in [2.75, 3.05) is 37.6 Å². The van der Waals surface area contributed by atoms with Crippen molar-refractivity contribution in [3.8, 4) is 11.5 Å². The van der Waals surface area contributed by atoms with Crippen molar-refractivity contribution < 1.29 is 14.4 Å². The van der Waals surface area contributed by atoms with E-state index in [0.29, 0.717) is 34.7 Å². The third-order valence-electron chi connectivity index (χ3n) is 4.29. The van der Waals surface area contributed by atoms with Crippen LogP contribution in [-0.2, 0) is 6.42 Å². The van der Waals surface area contributed by atoms with E-state index in [1.807, 2.05) is 53.9 Å². The lowest BCUT2D eigenvalue weighted by molar-refractivity contribution is -0.384. The Morgan fingerprint density at radius 3 is 2.52 bits per heavy atom. The quantitative estimate of drug-likeness (QED) is 0.501. The molecule has 8 heteroatoms. The van der Waals surface area contributed by atoms with Gasteiger partial charge in [0.25, 0.3) is 5.69 Å². The summed E-state index contributed by atoms with van der Waals surface area (Å²) in [4.78, 5) is 11.2. The van der Waals surface area contributed by atoms with Gasteiger partial charge in [0, 0.05) is 24.1 Å². The first-order valence-corrected chi connectivity index (χ1v) is 10.7. The van der Waals surface area contributed by atoms with E-state index < -0.39 is 0 Å². The smallest absolute Gasteiger partial charge is 0.292 e. The van der Waals surface area contributed by atoms with Crippen molar-refractivity contribution >= 4 is 34.9 Å². The molecule has 1 saturated heterocycles. The molecule has 1 N–H and O–H groups in total. The Balaban J connectivity index is 1.67. The average molecular weight is 407 g/mol. The first-order chi connectivity index (χ1) is 13.1. The summed E-state index contributed by atoms with van der Waals surface area (Å²) in [5.41, 5.74) is 2.77. The molecule has 0 radical (unpaired) electrons. The normalized spacial score (nSPS) is 14.1. The highest BCUT2D eigenvalue weighted by Gasteiger charge is 2.22. The van der Waals surface area contributed by atoms with E-state index in [9.17, 15) is 10.1 Å². The predicted octanol–water partition coefficient (Wildman–Crippen LogP) is 4.75. The van der Waals surface area contributed by atoms with Crippen LogP contribution in [0, 0.1) is 10.1 Å². The van der Waals surface area contributed by atoms with Crippen molar-refractivity contribution in [2.24, 2.45) is 0 Å². The molecule has 2 aromatic rings. The maximum atomic E-state index is 11.5. The summed E-state index contributed by atoms with van der Waals surface area (Å²) < 4.78 is 10.9. The van der Waals surface area contributed by atoms with Gasteiger partial charge in [-0.1, -0.05) is 12.1 Å². The first kappa shape index (κ1) is 19.7. The molecule has 0 bridgehead atoms. The van der Waals surface area contributed by atoms with Gasteiger partial charge in [-0.05, 0) is 35.7 Å². The Kier molecular flexibility index (Phi) is 6.73. The first-order valence-electron chi connectivity index (χ1n) is 8.58. The van der Waals surface area contributed by atoms with Crippen LogP contribution in [0.5, 0.6) is 11.5 Å². The fraction of sp³-hybridized carbons (Fsp3) is 0.368. The van der Waals surface area contributed by atoms with E-state index in [-0.39, 0.29) is 10.6 Å². The molecule has 6 nitrogen and oxygen atoms in total. The summed E-state index contributed by atoms with van der Waals surface area (Å²) in [6.45, 7) is 0.586. The molecular formula is C19H22N2O4S2. The number of nitro benzene ring substituents is 1. The van der Waals surface area contributed by atoms with Crippen LogP contribution >= 0.6 is 23.5 Å². The van der Waals surface area contributed by atoms with Gasteiger partial charge in [-0.15, -0.1) is 23.5 Å². The molecule has 0 saturated carbocycles. The molecule has 3 rings (SSSR count). The summed E-state index contributed by atoms with van der Waals surface area (Å²) in [7, 11) is 3.20. The number of rotatable bonds is 8. The van der Waals surface area contributed by atoms with Crippen LogP contribution in [0.4, 0.5) is 11.4 Å². The minimum Gasteiger partial charge on any atom is -0.493 e. The number of thioether (sulfide) groups is 2. The van der Waals surface area contributed by atoms with Crippen LogP contribution in [-0.4, -0.2) is 37.2 Å². The number of ether oxygens (including phenoxy) is 2. The van der Waals surface area contributed by atoms with Crippen molar-refractivity contribution in [1.82, 2.24) is 0 Å². The molecule has 0 aliphatic carbocycles. The van der Waals surface area contributed by atoms with Crippen LogP contribution in [0.25, 0.3) is 0 Å². The van der Waals surface area contributed by atoms with Crippen molar-refractivity contribution in [1.29, 1.82) is 0 Å². The lowest BCUT2D eigenvalue weighted by atomic mass is 10.1. The summed E-state index contributed by atoms with van der Waals surface area (Å²) >= 11 is 3.68. The van der Waals surface area contributed by atoms with Gasteiger partial charge in [0.05, 0.1) is 23.7 Å². The molecule has 1 fully saturated rings. The molecule has 0 spiro atoms. The third kappa shape index (κ3) is 4.81. The largest absolute Gasteiger partial charge is 0.493 e. The molecule has 1 heterocycles. The second-order valence-corrected chi connectivity index (χ2v) is 8.70. The van der Waals surface area contributed by atoms with E-state index in [1.165, 1.54) is 0 Å². The lowest BCUT2D eigenvalue weighted by Crippen LogP contribution is -2.07. The van der Waals surface area contributed by atoms with Gasteiger partial charge >= 0.3 is 0 Å². The number of methoxy groups -OCH3 is 2. The summed E-state index contributed by atoms with van der Waals surface area (Å²) in [6, 6.07) is 11.3. The summed E-state index contributed by atoms with van der Waals surface area (Å²) in [6.07, 6.45) is 0.716. The topological polar surface area (TPSA) is 73.6 Å². The van der Waals surface area contributed by atoms with E-state index in [0.717, 1.165) is 22.6 Å². The fourth-order valence-electron chi connectivity index (χ4n) is 2.92. The van der Waals surface area contributed by atoms with Crippen molar-refractivity contribution in [3.05, 3.63) is 57.6 Å². The van der Waals surface area contributed by atoms with Gasteiger partial charge < -0.3 is 14.8 Å². The van der Waals surface area contributed by atoms with Crippen LogP contribution in [0.2, 0.25) is 0 Å². The van der Waals surface area contributed by atoms with Crippen LogP contribution in [0.1, 0.15) is 15.7 Å². The Morgan fingerprint density at radius 2 is 1.85 bits per heavy atom. The zero-order chi connectivity index (χ0) is 19.2. The van der Waals surface area contributed by atoms with Gasteiger partial charge in [0.1, 0.15) is 5.69 Å². The Bertz CT molecular complexity index is 810. The predicted molar refractivity (Wildman–Crippen MR) is 112 cm³/mol. The molecule has 144 valence electrons. The number of nitrogens with one attached hydrogen (secondary N) is 1. The number of nitro groups is 1. The highest BCUT2D eigenvalue weighted by molar-refractivity contribution is 8.19. The number of benzene rings is 2. The zero-order valence-corrected chi connectivity index (χ0v) is 16.9. The molecule has 0 unspecified atom stereocenters. The van der Waals surface area contributed by atoms with E-state index in [4.69, 9.17) is 9.47 Å². The highest BCUT2D eigenvalue weighted by Crippen LogP contribution is 2.46. The average Bonchev–Trinajstić information content (AvgIpc) is 3.22. The minimum atomic E-state index is -0.313. The zero-order valence-electron chi connectivity index (χ0n) is 15.3. The standard InChI is InChI=1S/C19H22N2O4S2/c1-24-17-6-3-13(11-18(17)25-2)7-8-20-15-5-4-14(12-16(15)21(22)23)19-26-9-10-27-19/h3-6,11-12,19-20H,7-10H2,1-2H3. The Labute approximate surface area is 167 Å². The fourth-order valence-corrected chi connectivity index (χ4v) is 5.76. The molecule has 1 aliphatic heterocycles. The minimum absolute atomic E-state index is 0.132. The number of hydrogen-bond acceptors (Lipinski definition) is 7. The summed E-state index contributed by atoms with van der Waals surface area (Å²) in [5, 5.41) is 14.7. The van der Waals surface area contributed by atoms with Crippen LogP contribution < -0.4 is 14.8 Å².